The van der Waals surface area contributed by atoms with E-state index < -0.39 is 37.5 Å². The molecule has 0 radical (unpaired) electrons. The number of hydrogen-bond acceptors (Lipinski definition) is 5. The molecule has 0 aliphatic rings. The van der Waals surface area contributed by atoms with Gasteiger partial charge >= 0.3 is 0 Å². The van der Waals surface area contributed by atoms with Crippen LogP contribution in [0, 0.1) is 10.1 Å². The van der Waals surface area contributed by atoms with Crippen molar-refractivity contribution >= 4 is 14.3 Å². The number of aliphatic hydroxyl groups is 1. The van der Waals surface area contributed by atoms with Crippen molar-refractivity contribution < 1.29 is 24.4 Å². The second-order valence-corrected chi connectivity index (χ2v) is 11.4. The van der Waals surface area contributed by atoms with Crippen LogP contribution in [0.25, 0.3) is 0 Å². The lowest BCUT2D eigenvalue weighted by molar-refractivity contribution is -0.543. The molecule has 3 unspecified atom stereocenters. The van der Waals surface area contributed by atoms with Gasteiger partial charge in [0.15, 0.2) is 8.32 Å². The molecule has 0 amide bonds. The van der Waals surface area contributed by atoms with Gasteiger partial charge in [-0.3, -0.25) is 14.9 Å². The van der Waals surface area contributed by atoms with Gasteiger partial charge in [0.1, 0.15) is 12.2 Å². The van der Waals surface area contributed by atoms with E-state index in [2.05, 4.69) is 20.8 Å². The molecule has 0 aromatic carbocycles. The van der Waals surface area contributed by atoms with Crippen LogP contribution in [-0.2, 0) is 9.22 Å². The lowest BCUT2D eigenvalue weighted by atomic mass is 10.1. The van der Waals surface area contributed by atoms with Gasteiger partial charge in [-0.15, -0.1) is 0 Å². The summed E-state index contributed by atoms with van der Waals surface area (Å²) >= 11 is 0. The van der Waals surface area contributed by atoms with E-state index in [1.54, 1.807) is 6.92 Å². The summed E-state index contributed by atoms with van der Waals surface area (Å²) in [7, 11) is -2.04. The van der Waals surface area contributed by atoms with Crippen LogP contribution in [0.5, 0.6) is 0 Å². The molecule has 0 aromatic heterocycles. The molecular formula is C13H29NO6Si. The van der Waals surface area contributed by atoms with Crippen LogP contribution in [0.15, 0.2) is 0 Å². The molecule has 0 saturated heterocycles. The highest BCUT2D eigenvalue weighted by Gasteiger charge is 2.43. The van der Waals surface area contributed by atoms with Crippen molar-refractivity contribution in [3.63, 3.8) is 0 Å². The summed E-state index contributed by atoms with van der Waals surface area (Å²) in [5.74, 6) is -0.833. The highest BCUT2D eigenvalue weighted by Crippen LogP contribution is 2.37. The van der Waals surface area contributed by atoms with Crippen LogP contribution in [0.3, 0.4) is 0 Å². The molecule has 0 aliphatic heterocycles. The fraction of sp³-hybridized carbons (Fsp3) is 0.923. The Hall–Kier alpha value is -0.993. The van der Waals surface area contributed by atoms with Gasteiger partial charge < -0.3 is 14.6 Å². The molecule has 0 rings (SSSR count). The summed E-state index contributed by atoms with van der Waals surface area (Å²) in [5.41, 5.74) is 0. The molecule has 0 saturated carbocycles. The number of carboxylic acid groups (broad SMARTS) is 1. The van der Waals surface area contributed by atoms with Crippen molar-refractivity contribution in [3.05, 3.63) is 10.1 Å². The lowest BCUT2D eigenvalue weighted by Crippen LogP contribution is -2.50. The number of rotatable bonds is 5. The van der Waals surface area contributed by atoms with Crippen molar-refractivity contribution in [2.45, 2.75) is 77.9 Å². The van der Waals surface area contributed by atoms with E-state index in [4.69, 9.17) is 14.3 Å². The van der Waals surface area contributed by atoms with E-state index >= 15 is 0 Å². The minimum absolute atomic E-state index is 0.00109. The van der Waals surface area contributed by atoms with E-state index in [1.807, 2.05) is 13.1 Å². The molecule has 0 spiro atoms. The van der Waals surface area contributed by atoms with Gasteiger partial charge in [-0.2, -0.15) is 0 Å². The number of hydrogen-bond donors (Lipinski definition) is 2. The van der Waals surface area contributed by atoms with E-state index in [0.717, 1.165) is 6.92 Å². The fourth-order valence-electron chi connectivity index (χ4n) is 1.45. The van der Waals surface area contributed by atoms with E-state index in [1.165, 1.54) is 6.92 Å². The van der Waals surface area contributed by atoms with Crippen LogP contribution in [0.1, 0.15) is 41.5 Å². The largest absolute Gasteiger partial charge is 0.481 e. The molecule has 8 heteroatoms. The Bertz CT molecular complexity index is 347. The third-order valence-corrected chi connectivity index (χ3v) is 8.08. The fourth-order valence-corrected chi connectivity index (χ4v) is 2.87. The van der Waals surface area contributed by atoms with E-state index in [0.29, 0.717) is 0 Å². The normalized spacial score (nSPS) is 16.2. The molecule has 0 fully saturated rings. The summed E-state index contributed by atoms with van der Waals surface area (Å²) in [6.07, 6.45) is -1.59. The van der Waals surface area contributed by atoms with Gasteiger partial charge in [0.05, 0.1) is 0 Å². The topological polar surface area (TPSA) is 110 Å². The summed E-state index contributed by atoms with van der Waals surface area (Å²) in [6.45, 7) is 14.5. The lowest BCUT2D eigenvalue weighted by Gasteiger charge is -2.39. The number of aliphatic carboxylic acids is 1. The first-order valence-electron chi connectivity index (χ1n) is 6.82. The van der Waals surface area contributed by atoms with Crippen molar-refractivity contribution in [1.82, 2.24) is 0 Å². The van der Waals surface area contributed by atoms with Crippen molar-refractivity contribution in [2.75, 3.05) is 0 Å². The summed E-state index contributed by atoms with van der Waals surface area (Å²) in [6, 6.07) is -1.07. The molecule has 0 aliphatic carbocycles. The zero-order chi connectivity index (χ0) is 17.6. The zero-order valence-electron chi connectivity index (χ0n) is 14.2. The number of carboxylic acids is 1. The van der Waals surface area contributed by atoms with Crippen LogP contribution < -0.4 is 0 Å². The number of aliphatic hydroxyl groups excluding tert-OH is 1. The highest BCUT2D eigenvalue weighted by atomic mass is 28.4. The average Bonchev–Trinajstić information content (AvgIpc) is 2.10. The van der Waals surface area contributed by atoms with Gasteiger partial charge in [0.2, 0.25) is 0 Å². The Morgan fingerprint density at radius 1 is 1.29 bits per heavy atom. The number of nitrogens with zero attached hydrogens (tertiary/aromatic N) is 1. The Balaban J connectivity index is 0. The predicted molar refractivity (Wildman–Crippen MR) is 83.5 cm³/mol. The van der Waals surface area contributed by atoms with Crippen LogP contribution >= 0.6 is 0 Å². The first kappa shape index (κ1) is 22.3. The smallest absolute Gasteiger partial charge is 0.300 e. The SMILES string of the molecule is CC(=O)O.CC(O)C(C(C)O[Si](C)(C)C(C)(C)C)[N+](=O)[O-]. The first-order chi connectivity index (χ1) is 9.13. The van der Waals surface area contributed by atoms with E-state index in [9.17, 15) is 15.2 Å². The summed E-state index contributed by atoms with van der Waals surface area (Å²) in [4.78, 5) is 19.4. The third kappa shape index (κ3) is 8.79. The maximum absolute atomic E-state index is 10.9. The molecule has 2 N–H and O–H groups in total. The minimum atomic E-state index is -2.04. The Morgan fingerprint density at radius 2 is 1.62 bits per heavy atom. The van der Waals surface area contributed by atoms with Crippen molar-refractivity contribution in [3.8, 4) is 0 Å². The molecular weight excluding hydrogens is 294 g/mol. The van der Waals surface area contributed by atoms with Gasteiger partial charge in [-0.25, -0.2) is 0 Å². The van der Waals surface area contributed by atoms with Gasteiger partial charge in [0, 0.05) is 11.8 Å². The second-order valence-electron chi connectivity index (χ2n) is 6.62. The zero-order valence-corrected chi connectivity index (χ0v) is 15.2. The summed E-state index contributed by atoms with van der Waals surface area (Å²) in [5, 5.41) is 27.8. The van der Waals surface area contributed by atoms with Crippen LogP contribution in [-0.4, -0.2) is 47.7 Å². The molecule has 0 aromatic rings. The van der Waals surface area contributed by atoms with Gasteiger partial charge in [-0.05, 0) is 32.0 Å². The summed E-state index contributed by atoms with van der Waals surface area (Å²) < 4.78 is 5.92. The molecule has 7 nitrogen and oxygen atoms in total. The van der Waals surface area contributed by atoms with Crippen molar-refractivity contribution in [2.24, 2.45) is 0 Å². The Labute approximate surface area is 127 Å². The predicted octanol–water partition coefficient (Wildman–Crippen LogP) is 2.51. The molecule has 126 valence electrons. The van der Waals surface area contributed by atoms with Gasteiger partial charge in [0.25, 0.3) is 12.0 Å². The minimum Gasteiger partial charge on any atom is -0.481 e. The molecule has 3 atom stereocenters. The monoisotopic (exact) mass is 323 g/mol. The van der Waals surface area contributed by atoms with Crippen molar-refractivity contribution in [1.29, 1.82) is 0 Å². The number of carbonyl (C=O) groups is 1. The highest BCUT2D eigenvalue weighted by molar-refractivity contribution is 6.74. The molecule has 0 bridgehead atoms. The second kappa shape index (κ2) is 8.45. The van der Waals surface area contributed by atoms with Crippen LogP contribution in [0.4, 0.5) is 0 Å². The van der Waals surface area contributed by atoms with Crippen LogP contribution in [0.2, 0.25) is 18.1 Å². The maximum atomic E-state index is 10.9. The number of nitro groups is 1. The first-order valence-corrected chi connectivity index (χ1v) is 9.73. The third-order valence-electron chi connectivity index (χ3n) is 3.51. The Kier molecular flexibility index (Phi) is 8.97. The molecule has 21 heavy (non-hydrogen) atoms. The maximum Gasteiger partial charge on any atom is 0.300 e. The van der Waals surface area contributed by atoms with E-state index in [-0.39, 0.29) is 5.04 Å². The average molecular weight is 323 g/mol. The quantitative estimate of drug-likeness (QED) is 0.457. The molecule has 0 heterocycles. The Morgan fingerprint density at radius 3 is 1.81 bits per heavy atom. The standard InChI is InChI=1S/C11H25NO4Si.C2H4O2/c1-8(13)10(12(14)15)9(2)16-17(6,7)11(3,4)5;1-2(3)4/h8-10,13H,1-7H3;1H3,(H,3,4). The van der Waals surface area contributed by atoms with Gasteiger partial charge in [-0.1, -0.05) is 20.8 Å².